The molecule has 4 atom stereocenters. The molecule has 0 radical (unpaired) electrons. The van der Waals surface area contributed by atoms with Gasteiger partial charge in [0.25, 0.3) is 5.91 Å². The summed E-state index contributed by atoms with van der Waals surface area (Å²) in [5, 5.41) is 3.47. The standard InChI is InChI=1S/C18H24N2O3/c1-12-17(23-16-5-3-2-4-15(16)22-12)18(21)20-8-6-13-10-19-11-14(13)7-9-20/h2-5,12-14,17,19H,6-11H2,1H3/t12?,13-,14+,17?. The zero-order valence-electron chi connectivity index (χ0n) is 13.5. The van der Waals surface area contributed by atoms with Crippen LogP contribution in [0.1, 0.15) is 19.8 Å². The van der Waals surface area contributed by atoms with Gasteiger partial charge in [-0.05, 0) is 56.8 Å². The number of para-hydroxylation sites is 2. The minimum atomic E-state index is -0.541. The lowest BCUT2D eigenvalue weighted by molar-refractivity contribution is -0.144. The summed E-state index contributed by atoms with van der Waals surface area (Å²) in [6.45, 7) is 5.76. The largest absolute Gasteiger partial charge is 0.482 e. The molecule has 1 amide bonds. The highest BCUT2D eigenvalue weighted by molar-refractivity contribution is 5.82. The van der Waals surface area contributed by atoms with Gasteiger partial charge in [0.1, 0.15) is 6.10 Å². The van der Waals surface area contributed by atoms with Crippen molar-refractivity contribution in [2.75, 3.05) is 26.2 Å². The molecule has 0 bridgehead atoms. The predicted molar refractivity (Wildman–Crippen MR) is 86.6 cm³/mol. The Balaban J connectivity index is 1.46. The monoisotopic (exact) mass is 316 g/mol. The van der Waals surface area contributed by atoms with E-state index in [0.29, 0.717) is 5.75 Å². The third-order valence-electron chi connectivity index (χ3n) is 5.42. The number of carbonyl (C=O) groups is 1. The molecular weight excluding hydrogens is 292 g/mol. The van der Waals surface area contributed by atoms with Crippen molar-refractivity contribution in [2.45, 2.75) is 32.0 Å². The van der Waals surface area contributed by atoms with E-state index >= 15 is 0 Å². The Morgan fingerprint density at radius 2 is 1.70 bits per heavy atom. The third kappa shape index (κ3) is 2.78. The second-order valence-corrected chi connectivity index (χ2v) is 6.89. The molecule has 0 spiro atoms. The van der Waals surface area contributed by atoms with Crippen molar-refractivity contribution in [1.29, 1.82) is 0 Å². The van der Waals surface area contributed by atoms with E-state index < -0.39 is 6.10 Å². The minimum absolute atomic E-state index is 0.0694. The van der Waals surface area contributed by atoms with E-state index in [1.807, 2.05) is 36.1 Å². The Bertz CT molecular complexity index is 577. The molecule has 3 aliphatic heterocycles. The molecule has 5 nitrogen and oxygen atoms in total. The summed E-state index contributed by atoms with van der Waals surface area (Å²) in [4.78, 5) is 14.9. The van der Waals surface area contributed by atoms with Crippen LogP contribution in [0.5, 0.6) is 11.5 Å². The number of hydrogen-bond acceptors (Lipinski definition) is 4. The van der Waals surface area contributed by atoms with Gasteiger partial charge < -0.3 is 19.7 Å². The summed E-state index contributed by atoms with van der Waals surface area (Å²) in [5.74, 6) is 2.89. The van der Waals surface area contributed by atoms with Gasteiger partial charge in [-0.1, -0.05) is 12.1 Å². The maximum absolute atomic E-state index is 13.0. The lowest BCUT2D eigenvalue weighted by Crippen LogP contribution is -2.51. The molecule has 2 unspecified atom stereocenters. The first-order chi connectivity index (χ1) is 11.2. The number of fused-ring (bicyclic) bond motifs is 2. The van der Waals surface area contributed by atoms with E-state index in [0.717, 1.165) is 56.6 Å². The van der Waals surface area contributed by atoms with Gasteiger partial charge in [-0.25, -0.2) is 0 Å². The van der Waals surface area contributed by atoms with E-state index in [4.69, 9.17) is 9.47 Å². The molecule has 2 saturated heterocycles. The molecule has 0 aromatic heterocycles. The van der Waals surface area contributed by atoms with Crippen molar-refractivity contribution < 1.29 is 14.3 Å². The Morgan fingerprint density at radius 3 is 2.35 bits per heavy atom. The van der Waals surface area contributed by atoms with Crippen LogP contribution in [0.15, 0.2) is 24.3 Å². The molecule has 0 aliphatic carbocycles. The van der Waals surface area contributed by atoms with Crippen LogP contribution in [0.3, 0.4) is 0 Å². The number of ether oxygens (including phenoxy) is 2. The van der Waals surface area contributed by atoms with E-state index in [-0.39, 0.29) is 12.0 Å². The molecule has 23 heavy (non-hydrogen) atoms. The number of hydrogen-bond donors (Lipinski definition) is 1. The quantitative estimate of drug-likeness (QED) is 0.856. The Morgan fingerprint density at radius 1 is 1.09 bits per heavy atom. The fourth-order valence-electron chi connectivity index (χ4n) is 4.01. The van der Waals surface area contributed by atoms with Crippen LogP contribution in [0, 0.1) is 11.8 Å². The zero-order chi connectivity index (χ0) is 15.8. The van der Waals surface area contributed by atoms with Crippen molar-refractivity contribution in [3.05, 3.63) is 24.3 Å². The SMILES string of the molecule is CC1Oc2ccccc2OC1C(=O)N1CC[C@@H]2CNC[C@@H]2CC1. The topological polar surface area (TPSA) is 50.8 Å². The summed E-state index contributed by atoms with van der Waals surface area (Å²) < 4.78 is 11.8. The number of likely N-dealkylation sites (tertiary alicyclic amines) is 1. The second kappa shape index (κ2) is 6.04. The molecule has 2 fully saturated rings. The van der Waals surface area contributed by atoms with Gasteiger partial charge in [0.15, 0.2) is 11.5 Å². The third-order valence-corrected chi connectivity index (χ3v) is 5.42. The highest BCUT2D eigenvalue weighted by Gasteiger charge is 2.39. The van der Waals surface area contributed by atoms with Crippen molar-refractivity contribution in [2.24, 2.45) is 11.8 Å². The number of nitrogens with one attached hydrogen (secondary N) is 1. The maximum Gasteiger partial charge on any atom is 0.267 e. The molecule has 0 saturated carbocycles. The summed E-state index contributed by atoms with van der Waals surface area (Å²) in [7, 11) is 0. The van der Waals surface area contributed by atoms with Crippen molar-refractivity contribution in [1.82, 2.24) is 10.2 Å². The van der Waals surface area contributed by atoms with E-state index in [2.05, 4.69) is 5.32 Å². The fraction of sp³-hybridized carbons (Fsp3) is 0.611. The van der Waals surface area contributed by atoms with Crippen molar-refractivity contribution in [3.63, 3.8) is 0 Å². The van der Waals surface area contributed by atoms with Gasteiger partial charge in [-0.3, -0.25) is 4.79 Å². The Hall–Kier alpha value is -1.75. The summed E-state index contributed by atoms with van der Waals surface area (Å²) in [6, 6.07) is 7.56. The number of carbonyl (C=O) groups excluding carboxylic acids is 1. The molecule has 1 aromatic carbocycles. The van der Waals surface area contributed by atoms with E-state index in [1.165, 1.54) is 0 Å². The minimum Gasteiger partial charge on any atom is -0.482 e. The number of benzene rings is 1. The van der Waals surface area contributed by atoms with Gasteiger partial charge in [-0.15, -0.1) is 0 Å². The van der Waals surface area contributed by atoms with Crippen LogP contribution >= 0.6 is 0 Å². The van der Waals surface area contributed by atoms with Gasteiger partial charge >= 0.3 is 0 Å². The van der Waals surface area contributed by atoms with E-state index in [9.17, 15) is 4.79 Å². The summed E-state index contributed by atoms with van der Waals surface area (Å²) in [5.41, 5.74) is 0. The van der Waals surface area contributed by atoms with Gasteiger partial charge in [0.2, 0.25) is 6.10 Å². The van der Waals surface area contributed by atoms with Crippen molar-refractivity contribution in [3.8, 4) is 11.5 Å². The number of amides is 1. The van der Waals surface area contributed by atoms with Gasteiger partial charge in [0.05, 0.1) is 0 Å². The fourth-order valence-corrected chi connectivity index (χ4v) is 4.01. The van der Waals surface area contributed by atoms with Crippen LogP contribution in [-0.4, -0.2) is 49.2 Å². The molecule has 5 heteroatoms. The van der Waals surface area contributed by atoms with Gasteiger partial charge in [0, 0.05) is 13.1 Å². The summed E-state index contributed by atoms with van der Waals surface area (Å²) in [6.07, 6.45) is 1.37. The van der Waals surface area contributed by atoms with Crippen molar-refractivity contribution >= 4 is 5.91 Å². The average Bonchev–Trinajstić information content (AvgIpc) is 2.92. The highest BCUT2D eigenvalue weighted by Crippen LogP contribution is 2.34. The lowest BCUT2D eigenvalue weighted by atomic mass is 9.92. The summed E-state index contributed by atoms with van der Waals surface area (Å²) >= 11 is 0. The predicted octanol–water partition coefficient (Wildman–Crippen LogP) is 1.67. The van der Waals surface area contributed by atoms with Crippen LogP contribution in [-0.2, 0) is 4.79 Å². The first-order valence-corrected chi connectivity index (χ1v) is 8.64. The Kier molecular flexibility index (Phi) is 3.89. The van der Waals surface area contributed by atoms with Gasteiger partial charge in [-0.2, -0.15) is 0 Å². The zero-order valence-corrected chi connectivity index (χ0v) is 13.5. The van der Waals surface area contributed by atoms with Crippen LogP contribution in [0.4, 0.5) is 0 Å². The maximum atomic E-state index is 13.0. The molecule has 124 valence electrons. The molecule has 1 N–H and O–H groups in total. The van der Waals surface area contributed by atoms with Crippen LogP contribution in [0.2, 0.25) is 0 Å². The molecule has 3 aliphatic rings. The van der Waals surface area contributed by atoms with Crippen LogP contribution < -0.4 is 14.8 Å². The highest BCUT2D eigenvalue weighted by atomic mass is 16.6. The smallest absolute Gasteiger partial charge is 0.267 e. The normalized spacial score (nSPS) is 33.0. The number of nitrogens with zero attached hydrogens (tertiary/aromatic N) is 1. The van der Waals surface area contributed by atoms with Crippen LogP contribution in [0.25, 0.3) is 0 Å². The first kappa shape index (κ1) is 14.8. The van der Waals surface area contributed by atoms with E-state index in [1.54, 1.807) is 0 Å². The average molecular weight is 316 g/mol. The molecule has 4 rings (SSSR count). The second-order valence-electron chi connectivity index (χ2n) is 6.89. The number of rotatable bonds is 1. The molecule has 3 heterocycles. The first-order valence-electron chi connectivity index (χ1n) is 8.64. The Labute approximate surface area is 136 Å². The molecule has 1 aromatic rings. The lowest BCUT2D eigenvalue weighted by Gasteiger charge is -2.34. The molecular formula is C18H24N2O3.